The molecular weight excluding hydrogens is 174 g/mol. The molecule has 0 aliphatic rings. The normalized spacial score (nSPS) is 10.9. The molecule has 0 aliphatic heterocycles. The van der Waals surface area contributed by atoms with E-state index in [1.165, 1.54) is 5.56 Å². The molecular formula is C11H17N3. The molecule has 0 unspecified atom stereocenters. The maximum Gasteiger partial charge on any atom is 0.0908 e. The minimum absolute atomic E-state index is 0.976. The monoisotopic (exact) mass is 191 g/mol. The van der Waals surface area contributed by atoms with E-state index in [9.17, 15) is 0 Å². The van der Waals surface area contributed by atoms with E-state index in [1.807, 2.05) is 32.8 Å². The van der Waals surface area contributed by atoms with Gasteiger partial charge in [0.25, 0.3) is 0 Å². The molecule has 0 atom stereocenters. The minimum atomic E-state index is 0.976. The second-order valence-electron chi connectivity index (χ2n) is 3.72. The minimum Gasteiger partial charge on any atom is -0.369 e. The molecule has 1 aromatic heterocycles. The SMILES string of the molecule is Cc1cc(C)c(N=CN(C)C)c(C)n1. The van der Waals surface area contributed by atoms with Gasteiger partial charge in [0.05, 0.1) is 17.7 Å². The Morgan fingerprint density at radius 1 is 1.29 bits per heavy atom. The van der Waals surface area contributed by atoms with Crippen LogP contribution < -0.4 is 0 Å². The van der Waals surface area contributed by atoms with Crippen molar-refractivity contribution in [3.63, 3.8) is 0 Å². The van der Waals surface area contributed by atoms with Gasteiger partial charge in [-0.1, -0.05) is 0 Å². The smallest absolute Gasteiger partial charge is 0.0908 e. The van der Waals surface area contributed by atoms with E-state index in [1.54, 1.807) is 6.34 Å². The summed E-state index contributed by atoms with van der Waals surface area (Å²) in [6.45, 7) is 6.05. The van der Waals surface area contributed by atoms with Gasteiger partial charge < -0.3 is 4.90 Å². The van der Waals surface area contributed by atoms with Gasteiger partial charge >= 0.3 is 0 Å². The van der Waals surface area contributed by atoms with Crippen LogP contribution in [0.15, 0.2) is 11.1 Å². The van der Waals surface area contributed by atoms with Gasteiger partial charge in [0, 0.05) is 19.8 Å². The Morgan fingerprint density at radius 3 is 2.43 bits per heavy atom. The molecule has 0 saturated heterocycles. The van der Waals surface area contributed by atoms with Gasteiger partial charge in [0.15, 0.2) is 0 Å². The van der Waals surface area contributed by atoms with Gasteiger partial charge in [0.2, 0.25) is 0 Å². The predicted octanol–water partition coefficient (Wildman–Crippen LogP) is 2.23. The Labute approximate surface area is 85.5 Å². The number of pyridine rings is 1. The zero-order valence-corrected chi connectivity index (χ0v) is 9.50. The Hall–Kier alpha value is -1.38. The highest BCUT2D eigenvalue weighted by molar-refractivity contribution is 5.63. The molecule has 1 heterocycles. The summed E-state index contributed by atoms with van der Waals surface area (Å²) in [5, 5.41) is 0. The van der Waals surface area contributed by atoms with Crippen LogP contribution in [0.1, 0.15) is 17.0 Å². The van der Waals surface area contributed by atoms with Crippen LogP contribution in [0.3, 0.4) is 0 Å². The third-order valence-corrected chi connectivity index (χ3v) is 1.90. The summed E-state index contributed by atoms with van der Waals surface area (Å²) in [6.07, 6.45) is 1.80. The number of aryl methyl sites for hydroxylation is 3. The maximum absolute atomic E-state index is 4.38. The van der Waals surface area contributed by atoms with Crippen LogP contribution >= 0.6 is 0 Å². The first-order valence-corrected chi connectivity index (χ1v) is 4.66. The van der Waals surface area contributed by atoms with Crippen molar-refractivity contribution >= 4 is 12.0 Å². The number of hydrogen-bond donors (Lipinski definition) is 0. The summed E-state index contributed by atoms with van der Waals surface area (Å²) in [5.74, 6) is 0. The molecule has 1 rings (SSSR count). The molecule has 0 fully saturated rings. The number of rotatable bonds is 2. The Morgan fingerprint density at radius 2 is 1.93 bits per heavy atom. The van der Waals surface area contributed by atoms with Gasteiger partial charge in [-0.05, 0) is 32.4 Å². The largest absolute Gasteiger partial charge is 0.369 e. The quantitative estimate of drug-likeness (QED) is 0.529. The molecule has 14 heavy (non-hydrogen) atoms. The molecule has 1 aromatic rings. The molecule has 3 nitrogen and oxygen atoms in total. The zero-order valence-electron chi connectivity index (χ0n) is 9.50. The van der Waals surface area contributed by atoms with Crippen molar-refractivity contribution in [3.8, 4) is 0 Å². The molecule has 0 radical (unpaired) electrons. The zero-order chi connectivity index (χ0) is 10.7. The van der Waals surface area contributed by atoms with E-state index in [2.05, 4.69) is 23.0 Å². The van der Waals surface area contributed by atoms with Gasteiger partial charge in [-0.2, -0.15) is 0 Å². The first-order valence-electron chi connectivity index (χ1n) is 4.66. The van der Waals surface area contributed by atoms with Crippen LogP contribution in [0.5, 0.6) is 0 Å². The highest BCUT2D eigenvalue weighted by atomic mass is 15.1. The molecule has 0 aliphatic carbocycles. The summed E-state index contributed by atoms with van der Waals surface area (Å²) >= 11 is 0. The van der Waals surface area contributed by atoms with Gasteiger partial charge in [-0.15, -0.1) is 0 Å². The Bertz CT molecular complexity index is 331. The summed E-state index contributed by atoms with van der Waals surface area (Å²) in [4.78, 5) is 10.7. The molecule has 76 valence electrons. The van der Waals surface area contributed by atoms with Crippen LogP contribution in [0, 0.1) is 20.8 Å². The van der Waals surface area contributed by atoms with Crippen molar-refractivity contribution < 1.29 is 0 Å². The molecule has 0 amide bonds. The lowest BCUT2D eigenvalue weighted by Gasteiger charge is -2.07. The second-order valence-corrected chi connectivity index (χ2v) is 3.72. The standard InChI is InChI=1S/C11H17N3/c1-8-6-9(2)13-10(3)11(8)12-7-14(4)5/h6-7H,1-5H3. The summed E-state index contributed by atoms with van der Waals surface area (Å²) in [5.41, 5.74) is 4.18. The van der Waals surface area contributed by atoms with Crippen molar-refractivity contribution in [2.24, 2.45) is 4.99 Å². The molecule has 0 N–H and O–H groups in total. The topological polar surface area (TPSA) is 28.5 Å². The fraction of sp³-hybridized carbons (Fsp3) is 0.455. The lowest BCUT2D eigenvalue weighted by Crippen LogP contribution is -2.07. The number of hydrogen-bond acceptors (Lipinski definition) is 2. The average molecular weight is 191 g/mol. The van der Waals surface area contributed by atoms with Crippen LogP contribution in [0.25, 0.3) is 0 Å². The average Bonchev–Trinajstić information content (AvgIpc) is 2.01. The number of aromatic nitrogens is 1. The summed E-state index contributed by atoms with van der Waals surface area (Å²) in [6, 6.07) is 2.05. The third kappa shape index (κ3) is 2.55. The van der Waals surface area contributed by atoms with Gasteiger partial charge in [-0.3, -0.25) is 4.98 Å². The Kier molecular flexibility index (Phi) is 3.23. The van der Waals surface area contributed by atoms with Crippen molar-refractivity contribution in [3.05, 3.63) is 23.0 Å². The van der Waals surface area contributed by atoms with E-state index >= 15 is 0 Å². The number of nitrogens with zero attached hydrogens (tertiary/aromatic N) is 3. The fourth-order valence-electron chi connectivity index (χ4n) is 1.39. The fourth-order valence-corrected chi connectivity index (χ4v) is 1.39. The first kappa shape index (κ1) is 10.7. The summed E-state index contributed by atoms with van der Waals surface area (Å²) < 4.78 is 0. The maximum atomic E-state index is 4.38. The van der Waals surface area contributed by atoms with Crippen molar-refractivity contribution in [1.82, 2.24) is 9.88 Å². The van der Waals surface area contributed by atoms with Crippen molar-refractivity contribution in [1.29, 1.82) is 0 Å². The first-order chi connectivity index (χ1) is 6.50. The van der Waals surface area contributed by atoms with Crippen LogP contribution in [0.2, 0.25) is 0 Å². The molecule has 0 spiro atoms. The van der Waals surface area contributed by atoms with Crippen LogP contribution in [0.4, 0.5) is 5.69 Å². The highest BCUT2D eigenvalue weighted by Crippen LogP contribution is 2.21. The highest BCUT2D eigenvalue weighted by Gasteiger charge is 2.02. The van der Waals surface area contributed by atoms with Gasteiger partial charge in [-0.25, -0.2) is 4.99 Å². The van der Waals surface area contributed by atoms with Crippen molar-refractivity contribution in [2.75, 3.05) is 14.1 Å². The molecule has 0 bridgehead atoms. The van der Waals surface area contributed by atoms with Crippen LogP contribution in [-0.4, -0.2) is 30.3 Å². The number of aliphatic imine (C=N–C) groups is 1. The van der Waals surface area contributed by atoms with E-state index < -0.39 is 0 Å². The summed E-state index contributed by atoms with van der Waals surface area (Å²) in [7, 11) is 3.91. The Balaban J connectivity index is 3.09. The van der Waals surface area contributed by atoms with Crippen LogP contribution in [-0.2, 0) is 0 Å². The predicted molar refractivity (Wildman–Crippen MR) is 60.3 cm³/mol. The second kappa shape index (κ2) is 4.22. The van der Waals surface area contributed by atoms with E-state index in [4.69, 9.17) is 0 Å². The van der Waals surface area contributed by atoms with E-state index in [0.717, 1.165) is 17.1 Å². The van der Waals surface area contributed by atoms with Gasteiger partial charge in [0.1, 0.15) is 0 Å². The van der Waals surface area contributed by atoms with Crippen molar-refractivity contribution in [2.45, 2.75) is 20.8 Å². The van der Waals surface area contributed by atoms with E-state index in [-0.39, 0.29) is 0 Å². The third-order valence-electron chi connectivity index (χ3n) is 1.90. The molecule has 0 aromatic carbocycles. The lowest BCUT2D eigenvalue weighted by atomic mass is 10.2. The molecule has 0 saturated carbocycles. The molecule has 3 heteroatoms. The van der Waals surface area contributed by atoms with E-state index in [0.29, 0.717) is 0 Å². The lowest BCUT2D eigenvalue weighted by molar-refractivity contribution is 0.643.